The number of nitrogens with zero attached hydrogens (tertiary/aromatic N) is 1. The Morgan fingerprint density at radius 3 is 2.55 bits per heavy atom. The van der Waals surface area contributed by atoms with E-state index < -0.39 is 10.0 Å². The molecule has 0 unspecified atom stereocenters. The number of rotatable bonds is 7. The summed E-state index contributed by atoms with van der Waals surface area (Å²) in [5, 5.41) is 3.08. The first kappa shape index (κ1) is 16.9. The molecule has 1 aromatic rings. The molecule has 0 fully saturated rings. The highest BCUT2D eigenvalue weighted by Crippen LogP contribution is 2.18. The second-order valence-corrected chi connectivity index (χ2v) is 7.78. The van der Waals surface area contributed by atoms with Crippen molar-refractivity contribution in [3.05, 3.63) is 18.3 Å². The maximum atomic E-state index is 12.2. The zero-order valence-corrected chi connectivity index (χ0v) is 13.5. The average molecular weight is 299 g/mol. The molecule has 20 heavy (non-hydrogen) atoms. The van der Waals surface area contributed by atoms with Gasteiger partial charge in [0.1, 0.15) is 5.82 Å². The fourth-order valence-electron chi connectivity index (χ4n) is 1.57. The Labute approximate surface area is 122 Å². The first-order valence-electron chi connectivity index (χ1n) is 6.94. The van der Waals surface area contributed by atoms with Crippen molar-refractivity contribution in [2.24, 2.45) is 5.41 Å². The molecule has 1 heterocycles. The highest BCUT2D eigenvalue weighted by atomic mass is 32.2. The van der Waals surface area contributed by atoms with E-state index in [1.807, 2.05) is 6.92 Å². The first-order chi connectivity index (χ1) is 9.24. The van der Waals surface area contributed by atoms with Gasteiger partial charge in [0.2, 0.25) is 10.0 Å². The highest BCUT2D eigenvalue weighted by Gasteiger charge is 2.16. The average Bonchev–Trinajstić information content (AvgIpc) is 2.35. The molecule has 1 rings (SSSR count). The zero-order valence-electron chi connectivity index (χ0n) is 12.7. The van der Waals surface area contributed by atoms with Crippen LogP contribution in [0.5, 0.6) is 0 Å². The Morgan fingerprint density at radius 2 is 1.95 bits per heavy atom. The van der Waals surface area contributed by atoms with Gasteiger partial charge in [-0.2, -0.15) is 0 Å². The number of hydrogen-bond acceptors (Lipinski definition) is 4. The van der Waals surface area contributed by atoms with Gasteiger partial charge in [0, 0.05) is 25.4 Å². The number of sulfonamides is 1. The van der Waals surface area contributed by atoms with Gasteiger partial charge in [-0.15, -0.1) is 0 Å². The van der Waals surface area contributed by atoms with Gasteiger partial charge in [-0.3, -0.25) is 0 Å². The van der Waals surface area contributed by atoms with E-state index in [0.29, 0.717) is 12.4 Å². The Bertz CT molecular complexity index is 521. The largest absolute Gasteiger partial charge is 0.370 e. The Hall–Kier alpha value is -1.14. The van der Waals surface area contributed by atoms with E-state index in [0.717, 1.165) is 19.4 Å². The van der Waals surface area contributed by atoms with E-state index in [-0.39, 0.29) is 10.3 Å². The van der Waals surface area contributed by atoms with Gasteiger partial charge < -0.3 is 5.32 Å². The van der Waals surface area contributed by atoms with Crippen molar-refractivity contribution >= 4 is 15.8 Å². The van der Waals surface area contributed by atoms with Gasteiger partial charge in [-0.05, 0) is 24.3 Å². The maximum absolute atomic E-state index is 12.2. The molecule has 0 saturated carbocycles. The van der Waals surface area contributed by atoms with E-state index in [2.05, 4.69) is 35.8 Å². The van der Waals surface area contributed by atoms with Crippen LogP contribution in [0.25, 0.3) is 0 Å². The SMILES string of the molecule is CCCNc1cc(S(=O)(=O)NCCC(C)(C)C)ccn1. The quantitative estimate of drug-likeness (QED) is 0.812. The van der Waals surface area contributed by atoms with Crippen molar-refractivity contribution < 1.29 is 8.42 Å². The van der Waals surface area contributed by atoms with Crippen LogP contribution in [-0.4, -0.2) is 26.5 Å². The van der Waals surface area contributed by atoms with Crippen molar-refractivity contribution in [2.75, 3.05) is 18.4 Å². The summed E-state index contributed by atoms with van der Waals surface area (Å²) in [6.07, 6.45) is 3.26. The predicted octanol–water partition coefficient (Wildman–Crippen LogP) is 2.62. The summed E-state index contributed by atoms with van der Waals surface area (Å²) in [5.74, 6) is 0.588. The fraction of sp³-hybridized carbons (Fsp3) is 0.643. The van der Waals surface area contributed by atoms with E-state index in [1.54, 1.807) is 6.07 Å². The molecular weight excluding hydrogens is 274 g/mol. The van der Waals surface area contributed by atoms with Crippen LogP contribution in [0.15, 0.2) is 23.2 Å². The summed E-state index contributed by atoms with van der Waals surface area (Å²) in [6.45, 7) is 9.50. The molecule has 0 spiro atoms. The zero-order chi connectivity index (χ0) is 15.2. The second kappa shape index (κ2) is 7.04. The summed E-state index contributed by atoms with van der Waals surface area (Å²) in [7, 11) is -3.46. The Kier molecular flexibility index (Phi) is 5.95. The molecule has 0 aliphatic carbocycles. The summed E-state index contributed by atoms with van der Waals surface area (Å²) >= 11 is 0. The molecule has 0 atom stereocenters. The molecule has 1 aromatic heterocycles. The summed E-state index contributed by atoms with van der Waals surface area (Å²) < 4.78 is 27.0. The standard InChI is InChI=1S/C14H25N3O2S/c1-5-8-15-13-11-12(6-9-16-13)20(18,19)17-10-7-14(2,3)4/h6,9,11,17H,5,7-8,10H2,1-4H3,(H,15,16). The van der Waals surface area contributed by atoms with Crippen LogP contribution < -0.4 is 10.0 Å². The van der Waals surface area contributed by atoms with Gasteiger partial charge >= 0.3 is 0 Å². The second-order valence-electron chi connectivity index (χ2n) is 6.01. The third-order valence-corrected chi connectivity index (χ3v) is 4.22. The topological polar surface area (TPSA) is 71.1 Å². The first-order valence-corrected chi connectivity index (χ1v) is 8.42. The maximum Gasteiger partial charge on any atom is 0.240 e. The number of anilines is 1. The van der Waals surface area contributed by atoms with Gasteiger partial charge in [-0.25, -0.2) is 18.1 Å². The number of pyridine rings is 1. The third kappa shape index (κ3) is 5.88. The van der Waals surface area contributed by atoms with Gasteiger partial charge in [0.15, 0.2) is 0 Å². The monoisotopic (exact) mass is 299 g/mol. The van der Waals surface area contributed by atoms with Crippen LogP contribution >= 0.6 is 0 Å². The molecule has 0 bridgehead atoms. The van der Waals surface area contributed by atoms with E-state index >= 15 is 0 Å². The van der Waals surface area contributed by atoms with Crippen LogP contribution in [0.1, 0.15) is 40.5 Å². The van der Waals surface area contributed by atoms with Crippen molar-refractivity contribution in [1.82, 2.24) is 9.71 Å². The lowest BCUT2D eigenvalue weighted by Crippen LogP contribution is -2.27. The van der Waals surface area contributed by atoms with Crippen molar-refractivity contribution in [3.63, 3.8) is 0 Å². The van der Waals surface area contributed by atoms with Crippen molar-refractivity contribution in [3.8, 4) is 0 Å². The lowest BCUT2D eigenvalue weighted by molar-refractivity contribution is 0.378. The summed E-state index contributed by atoms with van der Waals surface area (Å²) in [4.78, 5) is 4.36. The van der Waals surface area contributed by atoms with E-state index in [4.69, 9.17) is 0 Å². The highest BCUT2D eigenvalue weighted by molar-refractivity contribution is 7.89. The minimum Gasteiger partial charge on any atom is -0.370 e. The third-order valence-electron chi connectivity index (χ3n) is 2.76. The molecular formula is C14H25N3O2S. The molecule has 0 aromatic carbocycles. The Balaban J connectivity index is 2.72. The molecule has 0 amide bonds. The summed E-state index contributed by atoms with van der Waals surface area (Å²) in [6, 6.07) is 3.08. The summed E-state index contributed by atoms with van der Waals surface area (Å²) in [5.41, 5.74) is 0.106. The molecule has 0 aliphatic heterocycles. The molecule has 0 aliphatic rings. The molecule has 0 radical (unpaired) electrons. The lowest BCUT2D eigenvalue weighted by Gasteiger charge is -2.18. The minimum absolute atomic E-state index is 0.106. The normalized spacial score (nSPS) is 12.4. The number of aromatic nitrogens is 1. The van der Waals surface area contributed by atoms with Crippen LogP contribution in [0, 0.1) is 5.41 Å². The Morgan fingerprint density at radius 1 is 1.25 bits per heavy atom. The lowest BCUT2D eigenvalue weighted by atomic mass is 9.93. The van der Waals surface area contributed by atoms with Crippen molar-refractivity contribution in [2.45, 2.75) is 45.4 Å². The fourth-order valence-corrected chi connectivity index (χ4v) is 2.62. The molecule has 0 saturated heterocycles. The van der Waals surface area contributed by atoms with E-state index in [9.17, 15) is 8.42 Å². The molecule has 2 N–H and O–H groups in total. The minimum atomic E-state index is -3.46. The van der Waals surface area contributed by atoms with Crippen LogP contribution in [-0.2, 0) is 10.0 Å². The van der Waals surface area contributed by atoms with Crippen molar-refractivity contribution in [1.29, 1.82) is 0 Å². The van der Waals surface area contributed by atoms with Crippen LogP contribution in [0.2, 0.25) is 0 Å². The molecule has 6 heteroatoms. The predicted molar refractivity (Wildman–Crippen MR) is 82.3 cm³/mol. The smallest absolute Gasteiger partial charge is 0.240 e. The number of hydrogen-bond donors (Lipinski definition) is 2. The van der Waals surface area contributed by atoms with Crippen LogP contribution in [0.4, 0.5) is 5.82 Å². The van der Waals surface area contributed by atoms with Gasteiger partial charge in [0.05, 0.1) is 4.90 Å². The van der Waals surface area contributed by atoms with Gasteiger partial charge in [0.25, 0.3) is 0 Å². The molecule has 114 valence electrons. The van der Waals surface area contributed by atoms with Gasteiger partial charge in [-0.1, -0.05) is 27.7 Å². The molecule has 5 nitrogen and oxygen atoms in total. The number of nitrogens with one attached hydrogen (secondary N) is 2. The van der Waals surface area contributed by atoms with E-state index in [1.165, 1.54) is 12.3 Å². The van der Waals surface area contributed by atoms with Crippen LogP contribution in [0.3, 0.4) is 0 Å².